The Kier molecular flexibility index (Phi) is 13.2. The van der Waals surface area contributed by atoms with Gasteiger partial charge in [-0.05, 0) is 32.1 Å². The van der Waals surface area contributed by atoms with Gasteiger partial charge in [0.05, 0.1) is 6.42 Å². The van der Waals surface area contributed by atoms with E-state index in [1.165, 1.54) is 75.5 Å². The Hall–Kier alpha value is -1.16. The lowest BCUT2D eigenvalue weighted by Crippen LogP contribution is -2.32. The summed E-state index contributed by atoms with van der Waals surface area (Å²) in [5, 5.41) is 9.36. The van der Waals surface area contributed by atoms with Crippen LogP contribution in [0, 0.1) is 0 Å². The van der Waals surface area contributed by atoms with Crippen molar-refractivity contribution in [2.45, 2.75) is 109 Å². The number of amides is 2. The maximum atomic E-state index is 11.6. The molecular formula is C22H39NO3. The van der Waals surface area contributed by atoms with Crippen molar-refractivity contribution in [2.24, 2.45) is 0 Å². The zero-order chi connectivity index (χ0) is 19.0. The third-order valence-corrected chi connectivity index (χ3v) is 5.11. The van der Waals surface area contributed by atoms with Crippen LogP contribution in [0.25, 0.3) is 0 Å². The van der Waals surface area contributed by atoms with Gasteiger partial charge in [-0.1, -0.05) is 76.9 Å². The Morgan fingerprint density at radius 2 is 1.35 bits per heavy atom. The number of hydrogen-bond donors (Lipinski definition) is 1. The molecule has 0 aromatic heterocycles. The molecule has 1 aliphatic heterocycles. The molecule has 26 heavy (non-hydrogen) atoms. The minimum absolute atomic E-state index is 0.0365. The number of carbonyl (C=O) groups excluding carboxylic acids is 2. The van der Waals surface area contributed by atoms with Crippen LogP contribution in [0.2, 0.25) is 0 Å². The molecule has 150 valence electrons. The molecule has 4 heteroatoms. The number of carbonyl (C=O) groups is 2. The summed E-state index contributed by atoms with van der Waals surface area (Å²) in [7, 11) is 0. The highest BCUT2D eigenvalue weighted by atomic mass is 16.3. The maximum absolute atomic E-state index is 11.6. The molecule has 0 radical (unpaired) electrons. The van der Waals surface area contributed by atoms with Crippen LogP contribution in [0.5, 0.6) is 0 Å². The monoisotopic (exact) mass is 365 g/mol. The van der Waals surface area contributed by atoms with E-state index in [9.17, 15) is 14.7 Å². The maximum Gasteiger partial charge on any atom is 0.258 e. The summed E-state index contributed by atoms with van der Waals surface area (Å²) in [4.78, 5) is 24.3. The van der Waals surface area contributed by atoms with Gasteiger partial charge in [0, 0.05) is 6.54 Å². The molecule has 0 aliphatic carbocycles. The number of unbranched alkanes of at least 4 members (excludes halogenated alkanes) is 12. The molecule has 1 atom stereocenters. The van der Waals surface area contributed by atoms with Crippen molar-refractivity contribution in [3.63, 3.8) is 0 Å². The Labute approximate surface area is 160 Å². The average Bonchev–Trinajstić information content (AvgIpc) is 2.87. The summed E-state index contributed by atoms with van der Waals surface area (Å²) in [5.74, 6) is -0.641. The highest BCUT2D eigenvalue weighted by Gasteiger charge is 2.36. The van der Waals surface area contributed by atoms with Crippen LogP contribution in [0.3, 0.4) is 0 Å². The lowest BCUT2D eigenvalue weighted by Gasteiger charge is -2.13. The molecule has 0 aromatic carbocycles. The topological polar surface area (TPSA) is 57.6 Å². The SMILES string of the molecule is CCCCCCCC/C=C\CCCCCCCCN1C(=O)CC(O)C1=O. The number of aliphatic hydroxyl groups excluding tert-OH is 1. The molecule has 1 fully saturated rings. The molecule has 0 bridgehead atoms. The third kappa shape index (κ3) is 10.1. The van der Waals surface area contributed by atoms with Gasteiger partial charge in [-0.3, -0.25) is 14.5 Å². The zero-order valence-corrected chi connectivity index (χ0v) is 16.8. The van der Waals surface area contributed by atoms with Gasteiger partial charge in [-0.15, -0.1) is 0 Å². The number of imide groups is 1. The van der Waals surface area contributed by atoms with Crippen molar-refractivity contribution < 1.29 is 14.7 Å². The Morgan fingerprint density at radius 3 is 1.85 bits per heavy atom. The fourth-order valence-electron chi connectivity index (χ4n) is 3.42. The van der Waals surface area contributed by atoms with E-state index in [2.05, 4.69) is 19.1 Å². The lowest BCUT2D eigenvalue weighted by atomic mass is 10.1. The quantitative estimate of drug-likeness (QED) is 0.234. The first-order valence-electron chi connectivity index (χ1n) is 10.8. The molecule has 1 rings (SSSR count). The van der Waals surface area contributed by atoms with Crippen LogP contribution >= 0.6 is 0 Å². The lowest BCUT2D eigenvalue weighted by molar-refractivity contribution is -0.140. The van der Waals surface area contributed by atoms with Gasteiger partial charge in [-0.25, -0.2) is 0 Å². The second-order valence-electron chi connectivity index (χ2n) is 7.54. The van der Waals surface area contributed by atoms with Gasteiger partial charge in [0.25, 0.3) is 5.91 Å². The molecule has 0 aromatic rings. The number of hydrogen-bond acceptors (Lipinski definition) is 3. The number of likely N-dealkylation sites (tertiary alicyclic amines) is 1. The van der Waals surface area contributed by atoms with Crippen molar-refractivity contribution in [1.29, 1.82) is 0 Å². The first-order chi connectivity index (χ1) is 12.7. The predicted octanol–water partition coefficient (Wildman–Crippen LogP) is 5.14. The number of rotatable bonds is 16. The largest absolute Gasteiger partial charge is 0.383 e. The van der Waals surface area contributed by atoms with Crippen molar-refractivity contribution in [3.8, 4) is 0 Å². The number of nitrogens with zero attached hydrogens (tertiary/aromatic N) is 1. The minimum Gasteiger partial charge on any atom is -0.383 e. The zero-order valence-electron chi connectivity index (χ0n) is 16.8. The molecule has 2 amide bonds. The smallest absolute Gasteiger partial charge is 0.258 e. The fraction of sp³-hybridized carbons (Fsp3) is 0.818. The third-order valence-electron chi connectivity index (χ3n) is 5.11. The van der Waals surface area contributed by atoms with Crippen molar-refractivity contribution in [1.82, 2.24) is 4.90 Å². The molecule has 4 nitrogen and oxygen atoms in total. The second-order valence-corrected chi connectivity index (χ2v) is 7.54. The van der Waals surface area contributed by atoms with Gasteiger partial charge in [-0.2, -0.15) is 0 Å². The molecule has 1 heterocycles. The van der Waals surface area contributed by atoms with Crippen LogP contribution in [0.15, 0.2) is 12.2 Å². The second kappa shape index (κ2) is 15.0. The fourth-order valence-corrected chi connectivity index (χ4v) is 3.42. The van der Waals surface area contributed by atoms with E-state index < -0.39 is 12.0 Å². The first kappa shape index (κ1) is 22.9. The van der Waals surface area contributed by atoms with Crippen LogP contribution in [0.4, 0.5) is 0 Å². The highest BCUT2D eigenvalue weighted by Crippen LogP contribution is 2.15. The van der Waals surface area contributed by atoms with E-state index in [1.807, 2.05) is 0 Å². The number of allylic oxidation sites excluding steroid dienone is 2. The molecule has 1 N–H and O–H groups in total. The minimum atomic E-state index is -1.10. The van der Waals surface area contributed by atoms with E-state index in [4.69, 9.17) is 0 Å². The van der Waals surface area contributed by atoms with Crippen LogP contribution in [-0.4, -0.2) is 34.5 Å². The van der Waals surface area contributed by atoms with Gasteiger partial charge in [0.15, 0.2) is 0 Å². The molecule has 1 aliphatic rings. The molecular weight excluding hydrogens is 326 g/mol. The molecule has 1 unspecified atom stereocenters. The normalized spacial score (nSPS) is 17.8. The standard InChI is InChI=1S/C22H39NO3/c1-2-3-4-5-6-7-8-9-10-11-12-13-14-15-16-17-18-23-21(25)19-20(24)22(23)26/h9-10,20,24H,2-8,11-19H2,1H3/b10-9-. The van der Waals surface area contributed by atoms with E-state index in [-0.39, 0.29) is 12.3 Å². The molecule has 0 saturated carbocycles. The first-order valence-corrected chi connectivity index (χ1v) is 10.8. The Balaban J connectivity index is 1.83. The van der Waals surface area contributed by atoms with E-state index >= 15 is 0 Å². The van der Waals surface area contributed by atoms with Gasteiger partial charge in [0.2, 0.25) is 5.91 Å². The summed E-state index contributed by atoms with van der Waals surface area (Å²) >= 11 is 0. The summed E-state index contributed by atoms with van der Waals surface area (Å²) in [6.07, 6.45) is 20.9. The number of aliphatic hydroxyl groups is 1. The Bertz CT molecular complexity index is 420. The van der Waals surface area contributed by atoms with E-state index in [0.717, 1.165) is 19.3 Å². The summed E-state index contributed by atoms with van der Waals surface area (Å²) in [5.41, 5.74) is 0. The van der Waals surface area contributed by atoms with Gasteiger partial charge in [0.1, 0.15) is 6.10 Å². The van der Waals surface area contributed by atoms with Crippen LogP contribution in [0.1, 0.15) is 103 Å². The van der Waals surface area contributed by atoms with E-state index in [0.29, 0.717) is 6.54 Å². The van der Waals surface area contributed by atoms with E-state index in [1.54, 1.807) is 0 Å². The van der Waals surface area contributed by atoms with Crippen molar-refractivity contribution in [2.75, 3.05) is 6.54 Å². The van der Waals surface area contributed by atoms with Gasteiger partial charge >= 0.3 is 0 Å². The summed E-state index contributed by atoms with van der Waals surface area (Å²) in [6, 6.07) is 0. The van der Waals surface area contributed by atoms with Gasteiger partial charge < -0.3 is 5.11 Å². The highest BCUT2D eigenvalue weighted by molar-refractivity contribution is 6.04. The van der Waals surface area contributed by atoms with Crippen LogP contribution < -0.4 is 0 Å². The summed E-state index contributed by atoms with van der Waals surface area (Å²) in [6.45, 7) is 2.73. The van der Waals surface area contributed by atoms with Crippen molar-refractivity contribution >= 4 is 11.8 Å². The molecule has 1 saturated heterocycles. The van der Waals surface area contributed by atoms with Crippen LogP contribution in [-0.2, 0) is 9.59 Å². The Morgan fingerprint density at radius 1 is 0.846 bits per heavy atom. The average molecular weight is 366 g/mol. The van der Waals surface area contributed by atoms with Crippen molar-refractivity contribution in [3.05, 3.63) is 12.2 Å². The summed E-state index contributed by atoms with van der Waals surface area (Å²) < 4.78 is 0. The predicted molar refractivity (Wildman–Crippen MR) is 107 cm³/mol. The molecule has 0 spiro atoms.